The molecule has 19 heavy (non-hydrogen) atoms. The lowest BCUT2D eigenvalue weighted by Crippen LogP contribution is -2.32. The molecule has 0 saturated heterocycles. The van der Waals surface area contributed by atoms with E-state index in [1.165, 1.54) is 19.2 Å². The minimum Gasteiger partial charge on any atom is -0.507 e. The third-order valence-electron chi connectivity index (χ3n) is 2.69. The van der Waals surface area contributed by atoms with E-state index in [2.05, 4.69) is 5.32 Å². The first kappa shape index (κ1) is 15.3. The molecule has 3 N–H and O–H groups in total. The number of nitrogens with one attached hydrogen (secondary N) is 1. The molecule has 0 aliphatic heterocycles. The van der Waals surface area contributed by atoms with Crippen molar-refractivity contribution in [2.45, 2.75) is 26.4 Å². The zero-order valence-corrected chi connectivity index (χ0v) is 11.5. The monoisotopic (exact) mass is 267 g/mol. The highest BCUT2D eigenvalue weighted by Gasteiger charge is 2.14. The van der Waals surface area contributed by atoms with Crippen molar-refractivity contribution in [3.8, 4) is 11.5 Å². The fourth-order valence-corrected chi connectivity index (χ4v) is 1.76. The lowest BCUT2D eigenvalue weighted by atomic mass is 10.1. The molecule has 0 spiro atoms. The van der Waals surface area contributed by atoms with Gasteiger partial charge in [-0.1, -0.05) is 13.8 Å². The molecule has 1 aromatic carbocycles. The van der Waals surface area contributed by atoms with Gasteiger partial charge in [-0.3, -0.25) is 4.79 Å². The first-order valence-electron chi connectivity index (χ1n) is 6.27. The highest BCUT2D eigenvalue weighted by Crippen LogP contribution is 2.23. The van der Waals surface area contributed by atoms with Crippen LogP contribution in [0.2, 0.25) is 0 Å². The van der Waals surface area contributed by atoms with Crippen LogP contribution < -0.4 is 10.1 Å². The third kappa shape index (κ3) is 4.79. The van der Waals surface area contributed by atoms with E-state index in [1.807, 2.05) is 13.8 Å². The number of rotatable bonds is 6. The Morgan fingerprint density at radius 2 is 2.11 bits per heavy atom. The first-order chi connectivity index (χ1) is 8.93. The normalized spacial score (nSPS) is 12.3. The van der Waals surface area contributed by atoms with Crippen LogP contribution in [0.5, 0.6) is 11.5 Å². The number of aliphatic hydroxyl groups is 1. The van der Waals surface area contributed by atoms with Gasteiger partial charge >= 0.3 is 0 Å². The number of phenolic OH excluding ortho intramolecular Hbond substituents is 1. The van der Waals surface area contributed by atoms with E-state index in [0.29, 0.717) is 18.1 Å². The van der Waals surface area contributed by atoms with Gasteiger partial charge in [0.2, 0.25) is 0 Å². The molecule has 1 aromatic rings. The van der Waals surface area contributed by atoms with Crippen LogP contribution >= 0.6 is 0 Å². The van der Waals surface area contributed by atoms with Crippen molar-refractivity contribution < 1.29 is 19.7 Å². The van der Waals surface area contributed by atoms with Crippen molar-refractivity contribution in [2.75, 3.05) is 13.7 Å². The second-order valence-electron chi connectivity index (χ2n) is 4.88. The number of carbonyl (C=O) groups excluding carboxylic acids is 1. The van der Waals surface area contributed by atoms with E-state index < -0.39 is 12.0 Å². The van der Waals surface area contributed by atoms with Crippen molar-refractivity contribution in [1.82, 2.24) is 5.32 Å². The van der Waals surface area contributed by atoms with E-state index in [-0.39, 0.29) is 17.9 Å². The molecular formula is C14H21NO4. The molecule has 1 rings (SSSR count). The number of amides is 1. The smallest absolute Gasteiger partial charge is 0.255 e. The maximum atomic E-state index is 11.8. The van der Waals surface area contributed by atoms with Gasteiger partial charge in [-0.25, -0.2) is 0 Å². The van der Waals surface area contributed by atoms with Crippen LogP contribution in [-0.4, -0.2) is 35.9 Å². The average molecular weight is 267 g/mol. The lowest BCUT2D eigenvalue weighted by Gasteiger charge is -2.14. The summed E-state index contributed by atoms with van der Waals surface area (Å²) >= 11 is 0. The van der Waals surface area contributed by atoms with Gasteiger partial charge in [-0.15, -0.1) is 0 Å². The van der Waals surface area contributed by atoms with Crippen LogP contribution in [0, 0.1) is 5.92 Å². The van der Waals surface area contributed by atoms with Crippen LogP contribution in [-0.2, 0) is 0 Å². The summed E-state index contributed by atoms with van der Waals surface area (Å²) in [6.45, 7) is 4.17. The maximum Gasteiger partial charge on any atom is 0.255 e. The number of aliphatic hydroxyl groups excluding tert-OH is 1. The Hall–Kier alpha value is -1.75. The van der Waals surface area contributed by atoms with E-state index in [4.69, 9.17) is 4.74 Å². The molecule has 1 unspecified atom stereocenters. The Morgan fingerprint density at radius 3 is 2.63 bits per heavy atom. The Bertz CT molecular complexity index is 431. The van der Waals surface area contributed by atoms with Gasteiger partial charge in [-0.05, 0) is 24.5 Å². The Labute approximate surface area is 113 Å². The zero-order valence-electron chi connectivity index (χ0n) is 11.5. The number of benzene rings is 1. The molecule has 5 nitrogen and oxygen atoms in total. The van der Waals surface area contributed by atoms with E-state index in [9.17, 15) is 15.0 Å². The molecule has 0 aromatic heterocycles. The van der Waals surface area contributed by atoms with Crippen molar-refractivity contribution in [1.29, 1.82) is 0 Å². The SMILES string of the molecule is COc1ccc(C(=O)NCC(O)CC(C)C)c(O)c1. The van der Waals surface area contributed by atoms with Crippen molar-refractivity contribution in [3.05, 3.63) is 23.8 Å². The second-order valence-corrected chi connectivity index (χ2v) is 4.88. The number of aromatic hydroxyl groups is 1. The number of hydrogen-bond acceptors (Lipinski definition) is 4. The molecule has 0 heterocycles. The summed E-state index contributed by atoms with van der Waals surface area (Å²) in [6, 6.07) is 4.46. The van der Waals surface area contributed by atoms with Crippen molar-refractivity contribution in [2.24, 2.45) is 5.92 Å². The molecule has 0 bridgehead atoms. The summed E-state index contributed by atoms with van der Waals surface area (Å²) in [6.07, 6.45) is 0.0406. The molecule has 0 aliphatic carbocycles. The number of phenols is 1. The quantitative estimate of drug-likeness (QED) is 0.730. The zero-order chi connectivity index (χ0) is 14.4. The van der Waals surface area contributed by atoms with Crippen LogP contribution in [0.3, 0.4) is 0 Å². The Kier molecular flexibility index (Phi) is 5.63. The molecular weight excluding hydrogens is 246 g/mol. The predicted molar refractivity (Wildman–Crippen MR) is 72.5 cm³/mol. The summed E-state index contributed by atoms with van der Waals surface area (Å²) in [5.41, 5.74) is 0.164. The van der Waals surface area contributed by atoms with Crippen LogP contribution in [0.15, 0.2) is 18.2 Å². The fraction of sp³-hybridized carbons (Fsp3) is 0.500. The van der Waals surface area contributed by atoms with Gasteiger partial charge in [-0.2, -0.15) is 0 Å². The topological polar surface area (TPSA) is 78.8 Å². The van der Waals surface area contributed by atoms with Crippen LogP contribution in [0.25, 0.3) is 0 Å². The van der Waals surface area contributed by atoms with Gasteiger partial charge in [0.05, 0.1) is 18.8 Å². The van der Waals surface area contributed by atoms with Crippen LogP contribution in [0.4, 0.5) is 0 Å². The average Bonchev–Trinajstić information content (AvgIpc) is 2.35. The maximum absolute atomic E-state index is 11.8. The summed E-state index contributed by atoms with van der Waals surface area (Å²) in [4.78, 5) is 11.8. The highest BCUT2D eigenvalue weighted by molar-refractivity contribution is 5.97. The Morgan fingerprint density at radius 1 is 1.42 bits per heavy atom. The minimum absolute atomic E-state index is 0.143. The number of carbonyl (C=O) groups is 1. The predicted octanol–water partition coefficient (Wildman–Crippen LogP) is 1.54. The van der Waals surface area contributed by atoms with Gasteiger partial charge in [0, 0.05) is 12.6 Å². The van der Waals surface area contributed by atoms with Crippen LogP contribution in [0.1, 0.15) is 30.6 Å². The molecule has 106 valence electrons. The lowest BCUT2D eigenvalue weighted by molar-refractivity contribution is 0.0897. The van der Waals surface area contributed by atoms with Gasteiger partial charge in [0.15, 0.2) is 0 Å². The summed E-state index contributed by atoms with van der Waals surface area (Å²) in [5, 5.41) is 22.0. The molecule has 0 saturated carbocycles. The van der Waals surface area contributed by atoms with Gasteiger partial charge in [0.1, 0.15) is 11.5 Å². The number of hydrogen-bond donors (Lipinski definition) is 3. The molecule has 1 amide bonds. The molecule has 1 atom stereocenters. The van der Waals surface area contributed by atoms with Crippen molar-refractivity contribution >= 4 is 5.91 Å². The molecule has 0 radical (unpaired) electrons. The Balaban J connectivity index is 2.58. The molecule has 0 aliphatic rings. The standard InChI is InChI=1S/C14H21NO4/c1-9(2)6-10(16)8-15-14(18)12-5-4-11(19-3)7-13(12)17/h4-5,7,9-10,16-17H,6,8H2,1-3H3,(H,15,18). The van der Waals surface area contributed by atoms with Gasteiger partial charge < -0.3 is 20.3 Å². The van der Waals surface area contributed by atoms with Crippen molar-refractivity contribution in [3.63, 3.8) is 0 Å². The highest BCUT2D eigenvalue weighted by atomic mass is 16.5. The van der Waals surface area contributed by atoms with Gasteiger partial charge in [0.25, 0.3) is 5.91 Å². The van der Waals surface area contributed by atoms with E-state index in [0.717, 1.165) is 0 Å². The summed E-state index contributed by atoms with van der Waals surface area (Å²) < 4.78 is 4.94. The third-order valence-corrected chi connectivity index (χ3v) is 2.69. The first-order valence-corrected chi connectivity index (χ1v) is 6.27. The summed E-state index contributed by atoms with van der Waals surface area (Å²) in [5.74, 6) is 0.286. The molecule has 0 fully saturated rings. The number of methoxy groups -OCH3 is 1. The summed E-state index contributed by atoms with van der Waals surface area (Å²) in [7, 11) is 1.48. The minimum atomic E-state index is -0.579. The second kappa shape index (κ2) is 6.99. The number of ether oxygens (including phenoxy) is 1. The van der Waals surface area contributed by atoms with E-state index >= 15 is 0 Å². The molecule has 5 heteroatoms. The largest absolute Gasteiger partial charge is 0.507 e. The fourth-order valence-electron chi connectivity index (χ4n) is 1.76. The van der Waals surface area contributed by atoms with E-state index in [1.54, 1.807) is 6.07 Å².